The van der Waals surface area contributed by atoms with E-state index in [0.717, 1.165) is 11.3 Å². The van der Waals surface area contributed by atoms with Gasteiger partial charge in [0.05, 0.1) is 12.4 Å². The van der Waals surface area contributed by atoms with E-state index in [2.05, 4.69) is 15.6 Å². The molecule has 0 saturated heterocycles. The summed E-state index contributed by atoms with van der Waals surface area (Å²) in [4.78, 5) is 29.0. The van der Waals surface area contributed by atoms with Crippen molar-refractivity contribution in [3.05, 3.63) is 78.4 Å². The number of hydrogen-bond acceptors (Lipinski definition) is 6. The summed E-state index contributed by atoms with van der Waals surface area (Å²) in [5, 5.41) is 6.09. The fourth-order valence-corrected chi connectivity index (χ4v) is 3.58. The van der Waals surface area contributed by atoms with Crippen molar-refractivity contribution < 1.29 is 18.7 Å². The number of hydrogen-bond donors (Lipinski definition) is 2. The van der Waals surface area contributed by atoms with Crippen LogP contribution in [0.3, 0.4) is 0 Å². The molecule has 0 bridgehead atoms. The molecular weight excluding hydrogens is 426 g/mol. The van der Waals surface area contributed by atoms with Crippen molar-refractivity contribution in [3.8, 4) is 5.75 Å². The summed E-state index contributed by atoms with van der Waals surface area (Å²) in [5.41, 5.74) is 3.21. The van der Waals surface area contributed by atoms with Crippen LogP contribution >= 0.6 is 11.8 Å². The number of carbonyl (C=O) groups is 2. The standard InChI is InChI=1S/C24H21N3O4S/c1-2-30-19-13-11-18(12-14-19)26-23(29)16-7-9-17(10-8-16)25-22(28)15-32-24-27-20-5-3-4-6-21(20)31-24/h3-14H,2,15H2,1H3,(H,25,28)(H,26,29). The number of benzene rings is 3. The Kier molecular flexibility index (Phi) is 6.72. The molecule has 162 valence electrons. The highest BCUT2D eigenvalue weighted by molar-refractivity contribution is 7.99. The number of carbonyl (C=O) groups excluding carboxylic acids is 2. The molecule has 0 fully saturated rings. The van der Waals surface area contributed by atoms with Crippen LogP contribution < -0.4 is 15.4 Å². The summed E-state index contributed by atoms with van der Waals surface area (Å²) in [7, 11) is 0. The Labute approximate surface area is 189 Å². The van der Waals surface area contributed by atoms with Crippen LogP contribution in [0.2, 0.25) is 0 Å². The quantitative estimate of drug-likeness (QED) is 0.360. The molecule has 8 heteroatoms. The van der Waals surface area contributed by atoms with Gasteiger partial charge >= 0.3 is 0 Å². The number of nitrogens with zero attached hydrogens (tertiary/aromatic N) is 1. The maximum absolute atomic E-state index is 12.4. The van der Waals surface area contributed by atoms with E-state index in [1.165, 1.54) is 11.8 Å². The minimum Gasteiger partial charge on any atom is -0.494 e. The molecule has 7 nitrogen and oxygen atoms in total. The van der Waals surface area contributed by atoms with E-state index >= 15 is 0 Å². The van der Waals surface area contributed by atoms with Crippen LogP contribution in [-0.2, 0) is 4.79 Å². The van der Waals surface area contributed by atoms with Crippen molar-refractivity contribution in [1.29, 1.82) is 0 Å². The van der Waals surface area contributed by atoms with Gasteiger partial charge in [0.25, 0.3) is 11.1 Å². The Hall–Kier alpha value is -3.78. The van der Waals surface area contributed by atoms with Crippen LogP contribution in [-0.4, -0.2) is 29.2 Å². The molecule has 1 aromatic heterocycles. The fourth-order valence-electron chi connectivity index (χ4n) is 2.95. The smallest absolute Gasteiger partial charge is 0.257 e. The van der Waals surface area contributed by atoms with Gasteiger partial charge in [-0.25, -0.2) is 4.98 Å². The van der Waals surface area contributed by atoms with Gasteiger partial charge in [-0.15, -0.1) is 0 Å². The number of aromatic nitrogens is 1. The summed E-state index contributed by atoms with van der Waals surface area (Å²) in [5.74, 6) is 0.481. The molecule has 0 radical (unpaired) electrons. The molecule has 3 aromatic carbocycles. The van der Waals surface area contributed by atoms with Gasteiger partial charge in [-0.1, -0.05) is 23.9 Å². The van der Waals surface area contributed by atoms with E-state index in [1.54, 1.807) is 48.5 Å². The highest BCUT2D eigenvalue weighted by Gasteiger charge is 2.11. The average molecular weight is 448 g/mol. The molecule has 0 atom stereocenters. The zero-order valence-corrected chi connectivity index (χ0v) is 18.1. The summed E-state index contributed by atoms with van der Waals surface area (Å²) in [6.07, 6.45) is 0. The predicted octanol–water partition coefficient (Wildman–Crippen LogP) is 5.21. The molecule has 4 rings (SSSR count). The Morgan fingerprint density at radius 3 is 2.34 bits per heavy atom. The maximum Gasteiger partial charge on any atom is 0.257 e. The van der Waals surface area contributed by atoms with Crippen molar-refractivity contribution in [2.45, 2.75) is 12.1 Å². The van der Waals surface area contributed by atoms with E-state index in [4.69, 9.17) is 9.15 Å². The topological polar surface area (TPSA) is 93.5 Å². The van der Waals surface area contributed by atoms with Gasteiger partial charge < -0.3 is 19.8 Å². The second-order valence-corrected chi connectivity index (χ2v) is 7.70. The molecule has 0 aliphatic carbocycles. The van der Waals surface area contributed by atoms with E-state index in [0.29, 0.717) is 34.4 Å². The molecule has 4 aromatic rings. The fraction of sp³-hybridized carbons (Fsp3) is 0.125. The van der Waals surface area contributed by atoms with Crippen LogP contribution in [0.5, 0.6) is 5.75 Å². The van der Waals surface area contributed by atoms with Gasteiger partial charge in [-0.3, -0.25) is 9.59 Å². The second kappa shape index (κ2) is 10.0. The van der Waals surface area contributed by atoms with Crippen molar-refractivity contribution in [2.24, 2.45) is 0 Å². The zero-order chi connectivity index (χ0) is 22.3. The third-order valence-corrected chi connectivity index (χ3v) is 5.28. The Balaban J connectivity index is 1.28. The van der Waals surface area contributed by atoms with Crippen LogP contribution in [0.4, 0.5) is 11.4 Å². The third-order valence-electron chi connectivity index (χ3n) is 4.46. The summed E-state index contributed by atoms with van der Waals surface area (Å²) in [6, 6.07) is 21.3. The van der Waals surface area contributed by atoms with Crippen LogP contribution in [0, 0.1) is 0 Å². The summed E-state index contributed by atoms with van der Waals surface area (Å²) in [6.45, 7) is 2.50. The number of fused-ring (bicyclic) bond motifs is 1. The number of para-hydroxylation sites is 2. The van der Waals surface area contributed by atoms with E-state index in [9.17, 15) is 9.59 Å². The van der Waals surface area contributed by atoms with Gasteiger partial charge in [-0.05, 0) is 67.6 Å². The molecular formula is C24H21N3O4S. The Bertz CT molecular complexity index is 1190. The number of thioether (sulfide) groups is 1. The third kappa shape index (κ3) is 5.47. The van der Waals surface area contributed by atoms with Gasteiger partial charge in [0.2, 0.25) is 5.91 Å². The number of rotatable bonds is 8. The average Bonchev–Trinajstić information content (AvgIpc) is 3.23. The number of oxazole rings is 1. The highest BCUT2D eigenvalue weighted by Crippen LogP contribution is 2.23. The maximum atomic E-state index is 12.4. The monoisotopic (exact) mass is 447 g/mol. The van der Waals surface area contributed by atoms with Gasteiger partial charge in [0.15, 0.2) is 5.58 Å². The first kappa shape index (κ1) is 21.5. The Morgan fingerprint density at radius 2 is 1.62 bits per heavy atom. The summed E-state index contributed by atoms with van der Waals surface area (Å²) < 4.78 is 11.0. The molecule has 1 heterocycles. The first-order valence-corrected chi connectivity index (χ1v) is 11.0. The van der Waals surface area contributed by atoms with Crippen molar-refractivity contribution in [1.82, 2.24) is 4.98 Å². The lowest BCUT2D eigenvalue weighted by molar-refractivity contribution is -0.113. The number of amides is 2. The number of nitrogens with one attached hydrogen (secondary N) is 2. The van der Waals surface area contributed by atoms with Crippen molar-refractivity contribution in [2.75, 3.05) is 23.0 Å². The lowest BCUT2D eigenvalue weighted by atomic mass is 10.2. The normalized spacial score (nSPS) is 10.7. The minimum atomic E-state index is -0.237. The van der Waals surface area contributed by atoms with Crippen LogP contribution in [0.15, 0.2) is 82.4 Å². The molecule has 2 N–H and O–H groups in total. The first-order chi connectivity index (χ1) is 15.6. The molecule has 32 heavy (non-hydrogen) atoms. The molecule has 0 unspecified atom stereocenters. The first-order valence-electron chi connectivity index (χ1n) is 10.0. The SMILES string of the molecule is CCOc1ccc(NC(=O)c2ccc(NC(=O)CSc3nc4ccccc4o3)cc2)cc1. The number of ether oxygens (including phenoxy) is 1. The molecule has 0 aliphatic heterocycles. The molecule has 0 aliphatic rings. The molecule has 0 saturated carbocycles. The van der Waals surface area contributed by atoms with Gasteiger partial charge in [0, 0.05) is 16.9 Å². The van der Waals surface area contributed by atoms with Crippen molar-refractivity contribution >= 4 is 46.1 Å². The lowest BCUT2D eigenvalue weighted by Gasteiger charge is -2.08. The van der Waals surface area contributed by atoms with E-state index in [1.807, 2.05) is 31.2 Å². The van der Waals surface area contributed by atoms with Gasteiger partial charge in [0.1, 0.15) is 11.3 Å². The lowest BCUT2D eigenvalue weighted by Crippen LogP contribution is -2.15. The zero-order valence-electron chi connectivity index (χ0n) is 17.3. The summed E-state index contributed by atoms with van der Waals surface area (Å²) >= 11 is 1.22. The van der Waals surface area contributed by atoms with Crippen LogP contribution in [0.1, 0.15) is 17.3 Å². The largest absolute Gasteiger partial charge is 0.494 e. The van der Waals surface area contributed by atoms with Gasteiger partial charge in [-0.2, -0.15) is 0 Å². The van der Waals surface area contributed by atoms with E-state index in [-0.39, 0.29) is 17.6 Å². The molecule has 2 amide bonds. The highest BCUT2D eigenvalue weighted by atomic mass is 32.2. The van der Waals surface area contributed by atoms with E-state index < -0.39 is 0 Å². The van der Waals surface area contributed by atoms with Crippen molar-refractivity contribution in [3.63, 3.8) is 0 Å². The van der Waals surface area contributed by atoms with Crippen LogP contribution in [0.25, 0.3) is 11.1 Å². The number of anilines is 2. The minimum absolute atomic E-state index is 0.160. The molecule has 0 spiro atoms. The predicted molar refractivity (Wildman–Crippen MR) is 125 cm³/mol. The second-order valence-electron chi connectivity index (χ2n) is 6.77. The Morgan fingerprint density at radius 1 is 0.938 bits per heavy atom.